The van der Waals surface area contributed by atoms with Gasteiger partial charge in [0, 0.05) is 44.3 Å². The van der Waals surface area contributed by atoms with Crippen LogP contribution in [-0.4, -0.2) is 70.8 Å². The SMILES string of the molecule is CCNC(=O)N1CCN(c2cc(Cl)nc(SCC(=O)N[C@H](C)CC)n2)C[C@H]1C. The minimum atomic E-state index is -0.0475. The van der Waals surface area contributed by atoms with E-state index in [4.69, 9.17) is 11.6 Å². The molecule has 2 N–H and O–H groups in total. The Kier molecular flexibility index (Phi) is 8.62. The fourth-order valence-electron chi connectivity index (χ4n) is 2.88. The maximum Gasteiger partial charge on any atom is 0.317 e. The van der Waals surface area contributed by atoms with Crippen LogP contribution in [0.15, 0.2) is 11.2 Å². The molecule has 2 rings (SSSR count). The number of rotatable bonds is 7. The molecule has 1 saturated heterocycles. The van der Waals surface area contributed by atoms with E-state index in [0.29, 0.717) is 42.3 Å². The van der Waals surface area contributed by atoms with Gasteiger partial charge in [-0.1, -0.05) is 30.3 Å². The summed E-state index contributed by atoms with van der Waals surface area (Å²) >= 11 is 7.45. The van der Waals surface area contributed by atoms with Gasteiger partial charge in [-0.2, -0.15) is 0 Å². The van der Waals surface area contributed by atoms with Gasteiger partial charge in [-0.15, -0.1) is 0 Å². The van der Waals surface area contributed by atoms with Crippen LogP contribution in [0, 0.1) is 0 Å². The number of thioether (sulfide) groups is 1. The summed E-state index contributed by atoms with van der Waals surface area (Å²) in [4.78, 5) is 36.8. The van der Waals surface area contributed by atoms with Gasteiger partial charge in [0.15, 0.2) is 5.16 Å². The number of amides is 3. The topological polar surface area (TPSA) is 90.5 Å². The summed E-state index contributed by atoms with van der Waals surface area (Å²) in [6.07, 6.45) is 0.884. The molecule has 10 heteroatoms. The summed E-state index contributed by atoms with van der Waals surface area (Å²) in [7, 11) is 0. The maximum atomic E-state index is 12.1. The van der Waals surface area contributed by atoms with Crippen LogP contribution in [0.25, 0.3) is 0 Å². The van der Waals surface area contributed by atoms with Crippen molar-refractivity contribution in [1.82, 2.24) is 25.5 Å². The van der Waals surface area contributed by atoms with Crippen molar-refractivity contribution < 1.29 is 9.59 Å². The Hall–Kier alpha value is -1.74. The van der Waals surface area contributed by atoms with Crippen molar-refractivity contribution in [1.29, 1.82) is 0 Å². The van der Waals surface area contributed by atoms with Crippen LogP contribution >= 0.6 is 23.4 Å². The number of hydrogen-bond acceptors (Lipinski definition) is 6. The van der Waals surface area contributed by atoms with Crippen LogP contribution < -0.4 is 15.5 Å². The smallest absolute Gasteiger partial charge is 0.317 e. The second-order valence-electron chi connectivity index (χ2n) is 6.82. The van der Waals surface area contributed by atoms with Gasteiger partial charge in [-0.05, 0) is 27.2 Å². The molecule has 0 saturated carbocycles. The Morgan fingerprint density at radius 3 is 2.75 bits per heavy atom. The van der Waals surface area contributed by atoms with E-state index in [1.54, 1.807) is 6.07 Å². The third kappa shape index (κ3) is 6.41. The zero-order chi connectivity index (χ0) is 20.7. The lowest BCUT2D eigenvalue weighted by molar-refractivity contribution is -0.119. The number of urea groups is 1. The van der Waals surface area contributed by atoms with Gasteiger partial charge in [0.05, 0.1) is 5.75 Å². The molecular weight excluding hydrogens is 400 g/mol. The Morgan fingerprint density at radius 2 is 2.11 bits per heavy atom. The third-order valence-electron chi connectivity index (χ3n) is 4.55. The van der Waals surface area contributed by atoms with E-state index in [0.717, 1.165) is 6.42 Å². The molecule has 0 aliphatic carbocycles. The fourth-order valence-corrected chi connectivity index (χ4v) is 3.77. The van der Waals surface area contributed by atoms with E-state index >= 15 is 0 Å². The van der Waals surface area contributed by atoms with Gasteiger partial charge >= 0.3 is 6.03 Å². The standard InChI is InChI=1S/C18H29ClN6O2S/c1-5-12(3)21-16(26)11-28-17-22-14(19)9-15(23-17)24-7-8-25(13(4)10-24)18(27)20-6-2/h9,12-13H,5-8,10-11H2,1-4H3,(H,20,27)(H,21,26)/t12-,13-/m1/s1. The number of nitrogens with one attached hydrogen (secondary N) is 2. The van der Waals surface area contributed by atoms with Crippen molar-refractivity contribution in [3.63, 3.8) is 0 Å². The number of nitrogens with zero attached hydrogens (tertiary/aromatic N) is 4. The quantitative estimate of drug-likeness (QED) is 0.393. The van der Waals surface area contributed by atoms with Gasteiger partial charge in [-0.3, -0.25) is 4.79 Å². The van der Waals surface area contributed by atoms with Gasteiger partial charge in [0.25, 0.3) is 0 Å². The van der Waals surface area contributed by atoms with Crippen LogP contribution in [0.4, 0.5) is 10.6 Å². The van der Waals surface area contributed by atoms with E-state index in [1.165, 1.54) is 11.8 Å². The zero-order valence-electron chi connectivity index (χ0n) is 16.9. The van der Waals surface area contributed by atoms with E-state index in [2.05, 4.69) is 25.5 Å². The largest absolute Gasteiger partial charge is 0.353 e. The number of carbonyl (C=O) groups is 2. The first-order chi connectivity index (χ1) is 13.3. The molecule has 0 spiro atoms. The van der Waals surface area contributed by atoms with Crippen molar-refractivity contribution in [2.24, 2.45) is 0 Å². The average Bonchev–Trinajstić information content (AvgIpc) is 2.65. The highest BCUT2D eigenvalue weighted by atomic mass is 35.5. The van der Waals surface area contributed by atoms with Crippen LogP contribution in [0.2, 0.25) is 5.15 Å². The summed E-state index contributed by atoms with van der Waals surface area (Å²) < 4.78 is 0. The molecule has 1 aliphatic heterocycles. The fraction of sp³-hybridized carbons (Fsp3) is 0.667. The minimum absolute atomic E-state index is 0.0427. The highest BCUT2D eigenvalue weighted by molar-refractivity contribution is 7.99. The number of anilines is 1. The molecule has 1 fully saturated rings. The molecule has 1 aliphatic rings. The molecule has 1 aromatic heterocycles. The van der Waals surface area contributed by atoms with E-state index in [9.17, 15) is 9.59 Å². The number of aromatic nitrogens is 2. The summed E-state index contributed by atoms with van der Waals surface area (Å²) in [6.45, 7) is 10.4. The second kappa shape index (κ2) is 10.7. The molecule has 0 bridgehead atoms. The van der Waals surface area contributed by atoms with Gasteiger partial charge in [0.1, 0.15) is 11.0 Å². The van der Waals surface area contributed by atoms with Gasteiger partial charge in [0.2, 0.25) is 5.91 Å². The van der Waals surface area contributed by atoms with Crippen LogP contribution in [0.5, 0.6) is 0 Å². The molecule has 8 nitrogen and oxygen atoms in total. The average molecular weight is 429 g/mol. The molecule has 156 valence electrons. The molecule has 28 heavy (non-hydrogen) atoms. The Morgan fingerprint density at radius 1 is 1.36 bits per heavy atom. The lowest BCUT2D eigenvalue weighted by atomic mass is 10.2. The van der Waals surface area contributed by atoms with Crippen LogP contribution in [0.3, 0.4) is 0 Å². The summed E-state index contributed by atoms with van der Waals surface area (Å²) in [6, 6.07) is 1.87. The number of piperazine rings is 1. The molecule has 3 amide bonds. The lowest BCUT2D eigenvalue weighted by Gasteiger charge is -2.40. The number of halogens is 1. The van der Waals surface area contributed by atoms with E-state index < -0.39 is 0 Å². The Labute approximate surface area is 175 Å². The van der Waals surface area contributed by atoms with Crippen molar-refractivity contribution in [3.05, 3.63) is 11.2 Å². The van der Waals surface area contributed by atoms with Crippen LogP contribution in [0.1, 0.15) is 34.1 Å². The summed E-state index contributed by atoms with van der Waals surface area (Å²) in [5.74, 6) is 0.909. The van der Waals surface area contributed by atoms with Crippen molar-refractivity contribution in [2.45, 2.75) is 51.4 Å². The van der Waals surface area contributed by atoms with Crippen molar-refractivity contribution in [2.75, 3.05) is 36.8 Å². The Balaban J connectivity index is 1.99. The summed E-state index contributed by atoms with van der Waals surface area (Å²) in [5, 5.41) is 6.58. The Bertz CT molecular complexity index is 692. The normalized spacial score (nSPS) is 18.0. The summed E-state index contributed by atoms with van der Waals surface area (Å²) in [5.41, 5.74) is 0. The molecule has 0 radical (unpaired) electrons. The predicted octanol–water partition coefficient (Wildman–Crippen LogP) is 2.38. The van der Waals surface area contributed by atoms with E-state index in [1.807, 2.05) is 32.6 Å². The first kappa shape index (κ1) is 22.5. The number of carbonyl (C=O) groups excluding carboxylic acids is 2. The lowest BCUT2D eigenvalue weighted by Crippen LogP contribution is -2.56. The molecule has 0 unspecified atom stereocenters. The van der Waals surface area contributed by atoms with Crippen LogP contribution in [-0.2, 0) is 4.79 Å². The molecular formula is C18H29ClN6O2S. The third-order valence-corrected chi connectivity index (χ3v) is 5.59. The van der Waals surface area contributed by atoms with Gasteiger partial charge in [-0.25, -0.2) is 14.8 Å². The monoisotopic (exact) mass is 428 g/mol. The van der Waals surface area contributed by atoms with E-state index in [-0.39, 0.29) is 29.8 Å². The molecule has 0 aromatic carbocycles. The zero-order valence-corrected chi connectivity index (χ0v) is 18.4. The van der Waals surface area contributed by atoms with Crippen molar-refractivity contribution >= 4 is 41.1 Å². The maximum absolute atomic E-state index is 12.1. The first-order valence-electron chi connectivity index (χ1n) is 9.60. The molecule has 2 atom stereocenters. The second-order valence-corrected chi connectivity index (χ2v) is 8.15. The van der Waals surface area contributed by atoms with Gasteiger partial charge < -0.3 is 20.4 Å². The molecule has 2 heterocycles. The predicted molar refractivity (Wildman–Crippen MR) is 113 cm³/mol. The highest BCUT2D eigenvalue weighted by Crippen LogP contribution is 2.24. The molecule has 1 aromatic rings. The van der Waals surface area contributed by atoms with Crippen molar-refractivity contribution in [3.8, 4) is 0 Å². The number of hydrogen-bond donors (Lipinski definition) is 2. The highest BCUT2D eigenvalue weighted by Gasteiger charge is 2.28. The minimum Gasteiger partial charge on any atom is -0.353 e. The first-order valence-corrected chi connectivity index (χ1v) is 11.0.